The fourth-order valence-corrected chi connectivity index (χ4v) is 11.3. The SMILES string of the molecule is COCCOC(=O)C1CCCCC1Cc1c2c3c4c(c(OC)c(O)c5c(=O)cc(CO)c(c6c(CO)cc(NC7CCCCC7C(=O)OCCOC)c(c1=O)c63)c54)C(C(C)=O)C(C)=C2. The maximum Gasteiger partial charge on any atom is 0.311 e. The summed E-state index contributed by atoms with van der Waals surface area (Å²) in [5.41, 5.74) is 1.80. The third kappa shape index (κ3) is 7.51. The number of aliphatic hydroxyl groups is 2. The Bertz CT molecular complexity index is 2800. The molecular formula is C50H57NO13. The van der Waals surface area contributed by atoms with Gasteiger partial charge in [-0.1, -0.05) is 37.3 Å². The standard InChI is InChI=1S/C50H57NO13/c1-24-18-31-32(19-26-10-6-7-11-29(26)49(58)63-16-14-60-3)46(56)40-34(51-33-13-9-8-12-30(33)50(59)64-17-15-61-4)20-27(22-52)37-38-28(23-53)21-35(55)41-43(38)44(39(31)42(37)40)45(36(24)25(2)54)48(62-5)47(41)57/h18,20-21,26,29-30,33,36,51-53,57H,6-17,19,22-23H2,1-5H3. The third-order valence-corrected chi connectivity index (χ3v) is 14.1. The molecule has 0 spiro atoms. The topological polar surface area (TPSA) is 204 Å². The van der Waals surface area contributed by atoms with Gasteiger partial charge in [0.15, 0.2) is 22.4 Å². The van der Waals surface area contributed by atoms with Crippen LogP contribution in [0.2, 0.25) is 0 Å². The molecule has 4 N–H and O–H groups in total. The summed E-state index contributed by atoms with van der Waals surface area (Å²) in [4.78, 5) is 71.5. The molecule has 8 rings (SSSR count). The minimum absolute atomic E-state index is 0.0627. The number of carbonyl (C=O) groups excluding carboxylic acids is 3. The normalized spacial score (nSPS) is 21.1. The van der Waals surface area contributed by atoms with Gasteiger partial charge in [-0.25, -0.2) is 0 Å². The molecule has 340 valence electrons. The van der Waals surface area contributed by atoms with Crippen LogP contribution in [0.1, 0.15) is 98.9 Å². The van der Waals surface area contributed by atoms with E-state index in [0.717, 1.165) is 25.7 Å². The first kappa shape index (κ1) is 45.2. The minimum atomic E-state index is -0.989. The molecule has 64 heavy (non-hydrogen) atoms. The fraction of sp³-hybridized carbons (Fsp3) is 0.500. The van der Waals surface area contributed by atoms with Crippen molar-refractivity contribution in [1.82, 2.24) is 0 Å². The van der Waals surface area contributed by atoms with Gasteiger partial charge < -0.3 is 44.3 Å². The van der Waals surface area contributed by atoms with Crippen LogP contribution in [0.5, 0.6) is 11.5 Å². The number of ether oxygens (including phenoxy) is 5. The number of anilines is 1. The highest BCUT2D eigenvalue weighted by molar-refractivity contribution is 6.39. The Morgan fingerprint density at radius 2 is 1.31 bits per heavy atom. The molecule has 2 fully saturated rings. The van der Waals surface area contributed by atoms with Crippen molar-refractivity contribution in [1.29, 1.82) is 0 Å². The number of esters is 2. The van der Waals surface area contributed by atoms with E-state index in [-0.39, 0.29) is 89.4 Å². The zero-order valence-corrected chi connectivity index (χ0v) is 37.1. The lowest BCUT2D eigenvalue weighted by Crippen LogP contribution is -2.39. The zero-order chi connectivity index (χ0) is 45.6. The number of allylic oxidation sites excluding steroid dienone is 1. The number of phenols is 1. The molecule has 5 aromatic carbocycles. The predicted octanol–water partition coefficient (Wildman–Crippen LogP) is 6.38. The summed E-state index contributed by atoms with van der Waals surface area (Å²) >= 11 is 0. The quantitative estimate of drug-likeness (QED) is 0.0368. The highest BCUT2D eigenvalue weighted by atomic mass is 16.6. The van der Waals surface area contributed by atoms with Gasteiger partial charge in [-0.3, -0.25) is 24.0 Å². The molecule has 2 saturated carbocycles. The van der Waals surface area contributed by atoms with Crippen molar-refractivity contribution in [2.45, 2.75) is 96.8 Å². The van der Waals surface area contributed by atoms with Crippen LogP contribution in [0, 0.1) is 17.8 Å². The van der Waals surface area contributed by atoms with Crippen LogP contribution >= 0.6 is 0 Å². The van der Waals surface area contributed by atoms with Gasteiger partial charge in [0.25, 0.3) is 0 Å². The van der Waals surface area contributed by atoms with Gasteiger partial charge >= 0.3 is 11.9 Å². The Hall–Kier alpha value is -5.41. The number of phenolic OH excluding ortho intramolecular Hbond substituents is 1. The average Bonchev–Trinajstić information content (AvgIpc) is 3.42. The molecule has 5 atom stereocenters. The molecule has 0 radical (unpaired) electrons. The van der Waals surface area contributed by atoms with E-state index in [1.807, 2.05) is 6.08 Å². The van der Waals surface area contributed by atoms with Crippen LogP contribution in [0.4, 0.5) is 5.69 Å². The smallest absolute Gasteiger partial charge is 0.311 e. The van der Waals surface area contributed by atoms with Gasteiger partial charge in [-0.15, -0.1) is 0 Å². The summed E-state index contributed by atoms with van der Waals surface area (Å²) in [6.07, 6.45) is 7.64. The van der Waals surface area contributed by atoms with E-state index in [4.69, 9.17) is 23.7 Å². The summed E-state index contributed by atoms with van der Waals surface area (Å²) in [6.45, 7) is 2.78. The number of rotatable bonds is 16. The Labute approximate surface area is 370 Å². The summed E-state index contributed by atoms with van der Waals surface area (Å²) in [5.74, 6) is -3.89. The van der Waals surface area contributed by atoms with Gasteiger partial charge in [0.05, 0.1) is 62.1 Å². The highest BCUT2D eigenvalue weighted by Crippen LogP contribution is 2.56. The molecule has 0 heterocycles. The van der Waals surface area contributed by atoms with Crippen LogP contribution < -0.4 is 20.9 Å². The van der Waals surface area contributed by atoms with Crippen molar-refractivity contribution in [3.05, 3.63) is 66.0 Å². The number of fused-ring (bicyclic) bond motifs is 1. The molecule has 0 aromatic heterocycles. The molecule has 3 aliphatic carbocycles. The van der Waals surface area contributed by atoms with Crippen molar-refractivity contribution < 1.29 is 53.4 Å². The number of carbonyl (C=O) groups is 3. The number of aliphatic hydroxyl groups excluding tert-OH is 2. The van der Waals surface area contributed by atoms with E-state index >= 15 is 4.79 Å². The van der Waals surface area contributed by atoms with E-state index < -0.39 is 48.2 Å². The fourth-order valence-electron chi connectivity index (χ4n) is 11.3. The van der Waals surface area contributed by atoms with Crippen molar-refractivity contribution in [2.75, 3.05) is 53.1 Å². The number of methoxy groups -OCH3 is 3. The number of hydrogen-bond donors (Lipinski definition) is 4. The van der Waals surface area contributed by atoms with E-state index in [0.29, 0.717) is 86.1 Å². The van der Waals surface area contributed by atoms with E-state index in [1.165, 1.54) is 34.3 Å². The van der Waals surface area contributed by atoms with E-state index in [9.17, 15) is 34.5 Å². The first-order valence-corrected chi connectivity index (χ1v) is 22.4. The predicted molar refractivity (Wildman–Crippen MR) is 243 cm³/mol. The Morgan fingerprint density at radius 3 is 1.94 bits per heavy atom. The molecule has 0 amide bonds. The van der Waals surface area contributed by atoms with E-state index in [1.54, 1.807) is 13.0 Å². The number of ketones is 1. The van der Waals surface area contributed by atoms with Crippen LogP contribution in [-0.4, -0.2) is 86.8 Å². The molecule has 0 saturated heterocycles. The van der Waals surface area contributed by atoms with Gasteiger partial charge in [-0.05, 0) is 102 Å². The first-order valence-electron chi connectivity index (χ1n) is 22.4. The van der Waals surface area contributed by atoms with Crippen molar-refractivity contribution in [3.8, 4) is 11.5 Å². The lowest BCUT2D eigenvalue weighted by molar-refractivity contribution is -0.153. The van der Waals surface area contributed by atoms with Crippen LogP contribution in [0.15, 0.2) is 27.3 Å². The van der Waals surface area contributed by atoms with Gasteiger partial charge in [0, 0.05) is 47.8 Å². The highest BCUT2D eigenvalue weighted by Gasteiger charge is 2.40. The Morgan fingerprint density at radius 1 is 0.719 bits per heavy atom. The molecule has 5 unspecified atom stereocenters. The summed E-state index contributed by atoms with van der Waals surface area (Å²) < 4.78 is 27.5. The van der Waals surface area contributed by atoms with Crippen molar-refractivity contribution >= 4 is 72.6 Å². The molecule has 0 bridgehead atoms. The third-order valence-electron chi connectivity index (χ3n) is 14.1. The van der Waals surface area contributed by atoms with Crippen molar-refractivity contribution in [3.63, 3.8) is 0 Å². The number of aromatic hydroxyl groups is 1. The van der Waals surface area contributed by atoms with Crippen LogP contribution in [0.25, 0.3) is 49.2 Å². The van der Waals surface area contributed by atoms with Crippen LogP contribution in [0.3, 0.4) is 0 Å². The maximum atomic E-state index is 16.0. The lowest BCUT2D eigenvalue weighted by atomic mass is 9.74. The summed E-state index contributed by atoms with van der Waals surface area (Å²) in [7, 11) is 4.42. The summed E-state index contributed by atoms with van der Waals surface area (Å²) in [5, 5.41) is 40.5. The summed E-state index contributed by atoms with van der Waals surface area (Å²) in [6, 6.07) is 2.50. The second-order valence-corrected chi connectivity index (χ2v) is 17.7. The average molecular weight is 880 g/mol. The monoisotopic (exact) mass is 879 g/mol. The largest absolute Gasteiger partial charge is 0.504 e. The van der Waals surface area contributed by atoms with Gasteiger partial charge in [0.1, 0.15) is 19.0 Å². The lowest BCUT2D eigenvalue weighted by Gasteiger charge is -2.33. The number of benzene rings is 5. The van der Waals surface area contributed by atoms with Crippen LogP contribution in [-0.2, 0) is 53.0 Å². The Kier molecular flexibility index (Phi) is 13.1. The molecule has 0 aliphatic heterocycles. The zero-order valence-electron chi connectivity index (χ0n) is 37.1. The minimum Gasteiger partial charge on any atom is -0.504 e. The second-order valence-electron chi connectivity index (χ2n) is 17.7. The maximum absolute atomic E-state index is 16.0. The molecule has 3 aliphatic rings. The Balaban J connectivity index is 1.53. The van der Waals surface area contributed by atoms with Gasteiger partial charge in [0.2, 0.25) is 0 Å². The van der Waals surface area contributed by atoms with Crippen molar-refractivity contribution in [2.24, 2.45) is 17.8 Å². The molecular weight excluding hydrogens is 823 g/mol. The second kappa shape index (κ2) is 18.6. The van der Waals surface area contributed by atoms with E-state index in [2.05, 4.69) is 5.32 Å². The molecule has 5 aromatic rings. The van der Waals surface area contributed by atoms with Gasteiger partial charge in [-0.2, -0.15) is 0 Å². The number of nitrogens with one attached hydrogen (secondary N) is 1. The first-order chi connectivity index (χ1) is 30.9. The molecule has 14 nitrogen and oxygen atoms in total. The number of hydrogen-bond acceptors (Lipinski definition) is 14. The number of Topliss-reactive ketones (excluding diaryl/α,β-unsaturated/α-hetero) is 1. The molecule has 14 heteroatoms.